The van der Waals surface area contributed by atoms with Crippen molar-refractivity contribution in [3.63, 3.8) is 0 Å². The van der Waals surface area contributed by atoms with Gasteiger partial charge in [0.1, 0.15) is 11.3 Å². The van der Waals surface area contributed by atoms with Crippen LogP contribution in [-0.2, 0) is 5.67 Å². The Kier molecular flexibility index (Phi) is 5.99. The van der Waals surface area contributed by atoms with Crippen LogP contribution in [0.4, 0.5) is 36.4 Å². The highest BCUT2D eigenvalue weighted by Gasteiger charge is 2.73. The first-order valence-corrected chi connectivity index (χ1v) is 10.5. The molecule has 2 aromatic carbocycles. The Labute approximate surface area is 196 Å². The maximum atomic E-state index is 14.4. The van der Waals surface area contributed by atoms with Crippen LogP contribution in [0.5, 0.6) is 5.75 Å². The van der Waals surface area contributed by atoms with Crippen molar-refractivity contribution in [2.75, 3.05) is 12.4 Å². The van der Waals surface area contributed by atoms with Gasteiger partial charge in [-0.25, -0.2) is 9.37 Å². The number of alkyl halides is 7. The van der Waals surface area contributed by atoms with Crippen LogP contribution in [0, 0.1) is 0 Å². The van der Waals surface area contributed by atoms with Crippen molar-refractivity contribution in [3.8, 4) is 17.2 Å². The van der Waals surface area contributed by atoms with Gasteiger partial charge in [-0.1, -0.05) is 12.1 Å². The van der Waals surface area contributed by atoms with Gasteiger partial charge in [-0.2, -0.15) is 26.3 Å². The Morgan fingerprint density at radius 2 is 1.71 bits per heavy atom. The normalized spacial score (nSPS) is 12.7. The third kappa shape index (κ3) is 4.31. The van der Waals surface area contributed by atoms with E-state index in [1.807, 2.05) is 0 Å². The van der Waals surface area contributed by atoms with E-state index < -0.39 is 35.1 Å². The first kappa shape index (κ1) is 24.5. The summed E-state index contributed by atoms with van der Waals surface area (Å²) >= 11 is 1.21. The summed E-state index contributed by atoms with van der Waals surface area (Å²) in [7, 11) is 1.31. The molecule has 35 heavy (non-hydrogen) atoms. The van der Waals surface area contributed by atoms with E-state index in [1.165, 1.54) is 36.6 Å². The molecule has 184 valence electrons. The number of nitrogens with zero attached hydrogens (tertiary/aromatic N) is 1. The molecule has 4 aromatic rings. The summed E-state index contributed by atoms with van der Waals surface area (Å²) in [6.45, 7) is 0. The third-order valence-electron chi connectivity index (χ3n) is 5.00. The maximum Gasteiger partial charge on any atom is 0.435 e. The maximum absolute atomic E-state index is 14.4. The fourth-order valence-electron chi connectivity index (χ4n) is 3.30. The molecule has 0 spiro atoms. The molecule has 0 atom stereocenters. The summed E-state index contributed by atoms with van der Waals surface area (Å²) in [5.74, 6) is -0.446. The molecule has 0 aliphatic carbocycles. The largest absolute Gasteiger partial charge is 0.496 e. The molecule has 0 aliphatic rings. The second-order valence-corrected chi connectivity index (χ2v) is 8.15. The zero-order chi connectivity index (χ0) is 25.6. The quantitative estimate of drug-likeness (QED) is 0.286. The number of halogens is 7. The number of methoxy groups -OCH3 is 1. The van der Waals surface area contributed by atoms with Crippen molar-refractivity contribution in [2.45, 2.75) is 18.0 Å². The summed E-state index contributed by atoms with van der Waals surface area (Å²) in [5, 5.41) is 4.36. The van der Waals surface area contributed by atoms with Crippen molar-refractivity contribution in [1.29, 1.82) is 0 Å². The number of fused-ring (bicyclic) bond motifs is 1. The number of carbonyl (C=O) groups excluding carboxylic acids is 1. The average molecular weight is 518 g/mol. The molecule has 13 heteroatoms. The molecular formula is C22H13F7N2O3S. The molecule has 0 aliphatic heterocycles. The first-order valence-electron chi connectivity index (χ1n) is 9.62. The molecule has 0 bridgehead atoms. The lowest BCUT2D eigenvalue weighted by Gasteiger charge is -2.30. The number of hydrogen-bond acceptors (Lipinski definition) is 5. The number of rotatable bonds is 5. The van der Waals surface area contributed by atoms with Gasteiger partial charge in [0.2, 0.25) is 5.89 Å². The molecule has 2 aromatic heterocycles. The van der Waals surface area contributed by atoms with E-state index in [-0.39, 0.29) is 22.7 Å². The lowest BCUT2D eigenvalue weighted by molar-refractivity contribution is -0.348. The van der Waals surface area contributed by atoms with Crippen LogP contribution < -0.4 is 10.1 Å². The zero-order valence-electron chi connectivity index (χ0n) is 17.4. The van der Waals surface area contributed by atoms with Crippen molar-refractivity contribution < 1.29 is 44.7 Å². The molecule has 0 saturated heterocycles. The van der Waals surface area contributed by atoms with Crippen LogP contribution in [0.1, 0.15) is 15.2 Å². The standard InChI is InChI=1S/C22H13F7N2O3S/c1-33-15-7-5-12(30-18(32)17-3-2-8-35-17)10-13(15)19-31-14-6-4-11(9-16(14)34-19)20(23,21(24,25)26)22(27,28)29/h2-10H,1H3,(H,30,32). The van der Waals surface area contributed by atoms with Gasteiger partial charge < -0.3 is 14.5 Å². The van der Waals surface area contributed by atoms with Crippen molar-refractivity contribution in [1.82, 2.24) is 4.98 Å². The van der Waals surface area contributed by atoms with E-state index in [2.05, 4.69) is 10.3 Å². The Hall–Kier alpha value is -3.61. The van der Waals surface area contributed by atoms with Gasteiger partial charge in [0, 0.05) is 11.3 Å². The highest BCUT2D eigenvalue weighted by Crippen LogP contribution is 2.53. The van der Waals surface area contributed by atoms with Crippen LogP contribution in [0.15, 0.2) is 58.3 Å². The average Bonchev–Trinajstić information content (AvgIpc) is 3.46. The van der Waals surface area contributed by atoms with Crippen LogP contribution in [0.3, 0.4) is 0 Å². The second-order valence-electron chi connectivity index (χ2n) is 7.20. The smallest absolute Gasteiger partial charge is 0.435 e. The van der Waals surface area contributed by atoms with Crippen LogP contribution >= 0.6 is 11.3 Å². The number of nitrogens with one attached hydrogen (secondary N) is 1. The summed E-state index contributed by atoms with van der Waals surface area (Å²) in [5.41, 5.74) is -7.50. The van der Waals surface area contributed by atoms with E-state index in [4.69, 9.17) is 9.15 Å². The van der Waals surface area contributed by atoms with Gasteiger partial charge in [0.05, 0.1) is 17.6 Å². The predicted octanol–water partition coefficient (Wildman–Crippen LogP) is 7.11. The monoisotopic (exact) mass is 518 g/mol. The molecular weight excluding hydrogens is 505 g/mol. The van der Waals surface area contributed by atoms with Gasteiger partial charge in [-0.15, -0.1) is 11.3 Å². The first-order chi connectivity index (χ1) is 16.3. The van der Waals surface area contributed by atoms with Gasteiger partial charge in [-0.3, -0.25) is 4.79 Å². The summed E-state index contributed by atoms with van der Waals surface area (Å²) in [6, 6.07) is 9.12. The van der Waals surface area contributed by atoms with E-state index in [0.717, 1.165) is 6.07 Å². The SMILES string of the molecule is COc1ccc(NC(=O)c2cccs2)cc1-c1nc2ccc(C(F)(C(F)(F)F)C(F)(F)F)cc2o1. The third-order valence-corrected chi connectivity index (χ3v) is 5.87. The van der Waals surface area contributed by atoms with Gasteiger partial charge in [0.25, 0.3) is 5.91 Å². The Morgan fingerprint density at radius 1 is 1.00 bits per heavy atom. The summed E-state index contributed by atoms with van der Waals surface area (Å²) in [4.78, 5) is 16.8. The number of thiophene rings is 1. The molecule has 0 unspecified atom stereocenters. The van der Waals surface area contributed by atoms with Gasteiger partial charge in [-0.05, 0) is 41.8 Å². The highest BCUT2D eigenvalue weighted by molar-refractivity contribution is 7.12. The predicted molar refractivity (Wildman–Crippen MR) is 113 cm³/mol. The number of benzene rings is 2. The van der Waals surface area contributed by atoms with Crippen LogP contribution in [0.25, 0.3) is 22.6 Å². The van der Waals surface area contributed by atoms with Crippen molar-refractivity contribution in [3.05, 3.63) is 64.4 Å². The number of anilines is 1. The molecule has 0 radical (unpaired) electrons. The lowest BCUT2D eigenvalue weighted by Crippen LogP contribution is -2.50. The Bertz CT molecular complexity index is 1360. The van der Waals surface area contributed by atoms with Crippen molar-refractivity contribution >= 4 is 34.0 Å². The van der Waals surface area contributed by atoms with Crippen LogP contribution in [0.2, 0.25) is 0 Å². The molecule has 1 N–H and O–H groups in total. The zero-order valence-corrected chi connectivity index (χ0v) is 18.2. The minimum atomic E-state index is -6.26. The Balaban J connectivity index is 1.76. The van der Waals surface area contributed by atoms with Gasteiger partial charge in [0.15, 0.2) is 5.58 Å². The molecule has 2 heterocycles. The minimum Gasteiger partial charge on any atom is -0.496 e. The van der Waals surface area contributed by atoms with E-state index in [0.29, 0.717) is 22.7 Å². The fraction of sp³-hybridized carbons (Fsp3) is 0.182. The molecule has 0 saturated carbocycles. The van der Waals surface area contributed by atoms with E-state index >= 15 is 0 Å². The Morgan fingerprint density at radius 3 is 2.31 bits per heavy atom. The molecule has 0 fully saturated rings. The van der Waals surface area contributed by atoms with E-state index in [9.17, 15) is 35.5 Å². The lowest BCUT2D eigenvalue weighted by atomic mass is 9.94. The number of aromatic nitrogens is 1. The summed E-state index contributed by atoms with van der Waals surface area (Å²) < 4.78 is 104. The minimum absolute atomic E-state index is 0.120. The number of hydrogen-bond donors (Lipinski definition) is 1. The topological polar surface area (TPSA) is 64.4 Å². The molecule has 4 rings (SSSR count). The molecule has 5 nitrogen and oxygen atoms in total. The fourth-order valence-corrected chi connectivity index (χ4v) is 3.91. The number of carbonyl (C=O) groups is 1. The number of amides is 1. The van der Waals surface area contributed by atoms with Crippen molar-refractivity contribution in [2.24, 2.45) is 0 Å². The van der Waals surface area contributed by atoms with Gasteiger partial charge >= 0.3 is 18.0 Å². The molecule has 1 amide bonds. The highest BCUT2D eigenvalue weighted by atomic mass is 32.1. The number of oxazole rings is 1. The summed E-state index contributed by atoms with van der Waals surface area (Å²) in [6.07, 6.45) is -12.5. The van der Waals surface area contributed by atoms with Crippen LogP contribution in [-0.4, -0.2) is 30.4 Å². The number of ether oxygens (including phenoxy) is 1. The van der Waals surface area contributed by atoms with E-state index in [1.54, 1.807) is 17.5 Å². The second kappa shape index (κ2) is 8.56.